The van der Waals surface area contributed by atoms with Gasteiger partial charge in [-0.15, -0.1) is 8.42 Å². The van der Waals surface area contributed by atoms with Crippen molar-refractivity contribution in [2.45, 2.75) is 32.4 Å². The van der Waals surface area contributed by atoms with Crippen LogP contribution in [0.15, 0.2) is 54.6 Å². The van der Waals surface area contributed by atoms with Crippen molar-refractivity contribution < 1.29 is 26.3 Å². The van der Waals surface area contributed by atoms with Gasteiger partial charge in [-0.1, -0.05) is 23.8 Å². The molecule has 0 aliphatic carbocycles. The summed E-state index contributed by atoms with van der Waals surface area (Å²) in [6, 6.07) is 16.8. The molecule has 0 saturated carbocycles. The maximum Gasteiger partial charge on any atom is 0.501 e. The van der Waals surface area contributed by atoms with Gasteiger partial charge in [0, 0.05) is 19.1 Å². The van der Waals surface area contributed by atoms with Gasteiger partial charge in [0.2, 0.25) is 0 Å². The summed E-state index contributed by atoms with van der Waals surface area (Å²) in [6.45, 7) is 3.62. The number of nitrogens with zero attached hydrogens (tertiary/aromatic N) is 1. The highest BCUT2D eigenvalue weighted by molar-refractivity contribution is 7.82. The Balaban J connectivity index is 1.43. The van der Waals surface area contributed by atoms with Crippen molar-refractivity contribution in [1.82, 2.24) is 4.90 Å². The van der Waals surface area contributed by atoms with Crippen LogP contribution in [0, 0.1) is 6.92 Å². The average Bonchev–Trinajstić information content (AvgIpc) is 2.83. The molecule has 3 aromatic rings. The van der Waals surface area contributed by atoms with Crippen LogP contribution in [-0.4, -0.2) is 34.1 Å². The fourth-order valence-corrected chi connectivity index (χ4v) is 5.50. The first kappa shape index (κ1) is 22.6. The molecule has 0 fully saturated rings. The number of ether oxygens (including phenoxy) is 2. The molecule has 0 N–H and O–H groups in total. The fraction of sp³-hybridized carbons (Fsp3) is 0.308. The van der Waals surface area contributed by atoms with Gasteiger partial charge in [-0.25, -0.2) is 0 Å². The number of fused-ring (bicyclic) bond motifs is 4. The van der Waals surface area contributed by atoms with Crippen molar-refractivity contribution in [3.05, 3.63) is 82.4 Å². The third-order valence-electron chi connectivity index (χ3n) is 6.50. The van der Waals surface area contributed by atoms with Gasteiger partial charge < -0.3 is 17.8 Å². The largest absolute Gasteiger partial charge is 0.501 e. The van der Waals surface area contributed by atoms with Gasteiger partial charge in [-0.2, -0.15) is 0 Å². The second-order valence-corrected chi connectivity index (χ2v) is 9.81. The molecule has 2 aliphatic rings. The lowest BCUT2D eigenvalue weighted by Gasteiger charge is -2.41. The Hall–Kier alpha value is -3.23. The van der Waals surface area contributed by atoms with E-state index in [1.54, 1.807) is 37.4 Å². The van der Waals surface area contributed by atoms with Gasteiger partial charge in [0.15, 0.2) is 11.5 Å². The summed E-state index contributed by atoms with van der Waals surface area (Å²) in [7, 11) is -1.17. The molecule has 34 heavy (non-hydrogen) atoms. The lowest BCUT2D eigenvalue weighted by atomic mass is 9.84. The lowest BCUT2D eigenvalue weighted by molar-refractivity contribution is 0.160. The number of hydrogen-bond acceptors (Lipinski definition) is 7. The molecule has 1 atom stereocenters. The Morgan fingerprint density at radius 2 is 1.56 bits per heavy atom. The Morgan fingerprint density at radius 3 is 2.29 bits per heavy atom. The molecule has 5 rings (SSSR count). The number of rotatable bonds is 6. The van der Waals surface area contributed by atoms with Gasteiger partial charge in [0.1, 0.15) is 11.5 Å². The van der Waals surface area contributed by atoms with E-state index in [9.17, 15) is 8.42 Å². The van der Waals surface area contributed by atoms with Gasteiger partial charge in [0.05, 0.1) is 14.2 Å². The molecule has 0 bridgehead atoms. The summed E-state index contributed by atoms with van der Waals surface area (Å²) in [5.74, 6) is 1.53. The smallest absolute Gasteiger partial charge is 0.497 e. The van der Waals surface area contributed by atoms with E-state index in [4.69, 9.17) is 17.8 Å². The molecular formula is C26H27NO6S. The minimum absolute atomic E-state index is 0.118. The summed E-state index contributed by atoms with van der Waals surface area (Å²) >= 11 is 0. The van der Waals surface area contributed by atoms with Crippen LogP contribution in [0.1, 0.15) is 33.9 Å². The zero-order chi connectivity index (χ0) is 23.9. The van der Waals surface area contributed by atoms with Crippen LogP contribution in [0.4, 0.5) is 0 Å². The maximum absolute atomic E-state index is 12.6. The van der Waals surface area contributed by atoms with E-state index in [0.29, 0.717) is 5.75 Å². The molecule has 0 spiro atoms. The molecule has 0 saturated heterocycles. The zero-order valence-corrected chi connectivity index (χ0v) is 20.2. The number of hydrogen-bond donors (Lipinski definition) is 0. The highest BCUT2D eigenvalue weighted by Crippen LogP contribution is 2.42. The standard InChI is InChI=1S/C26H27NO6S/c1-17-4-6-21(7-5-17)32-34(28,29)33-26-14-19-13-24-23-9-8-22(30-2)12-18(23)10-11-27(24)16-20(19)15-25(26)31-3/h4-9,12,14-15,24H,10-11,13,16H2,1-3H3. The molecule has 2 aliphatic heterocycles. The first-order valence-electron chi connectivity index (χ1n) is 11.2. The minimum atomic E-state index is -4.34. The summed E-state index contributed by atoms with van der Waals surface area (Å²) in [4.78, 5) is 2.45. The first-order valence-corrected chi connectivity index (χ1v) is 12.5. The summed E-state index contributed by atoms with van der Waals surface area (Å²) in [6.07, 6.45) is 1.71. The van der Waals surface area contributed by atoms with E-state index in [0.717, 1.165) is 48.4 Å². The normalized spacial score (nSPS) is 17.2. The van der Waals surface area contributed by atoms with E-state index in [1.165, 1.54) is 18.2 Å². The van der Waals surface area contributed by atoms with Crippen molar-refractivity contribution >= 4 is 10.4 Å². The maximum atomic E-state index is 12.6. The monoisotopic (exact) mass is 481 g/mol. The van der Waals surface area contributed by atoms with Crippen molar-refractivity contribution in [2.75, 3.05) is 20.8 Å². The molecule has 2 heterocycles. The van der Waals surface area contributed by atoms with E-state index >= 15 is 0 Å². The van der Waals surface area contributed by atoms with Crippen LogP contribution in [0.25, 0.3) is 0 Å². The second kappa shape index (κ2) is 8.85. The number of aryl methyl sites for hydroxylation is 1. The molecule has 0 amide bonds. The van der Waals surface area contributed by atoms with Gasteiger partial charge >= 0.3 is 10.4 Å². The summed E-state index contributed by atoms with van der Waals surface area (Å²) in [5, 5.41) is 0. The highest BCUT2D eigenvalue weighted by Gasteiger charge is 2.33. The van der Waals surface area contributed by atoms with Crippen molar-refractivity contribution in [2.24, 2.45) is 0 Å². The first-order chi connectivity index (χ1) is 16.3. The van der Waals surface area contributed by atoms with E-state index < -0.39 is 10.4 Å². The van der Waals surface area contributed by atoms with E-state index in [2.05, 4.69) is 17.0 Å². The molecule has 0 aromatic heterocycles. The predicted octanol–water partition coefficient (Wildman–Crippen LogP) is 4.37. The molecule has 8 heteroatoms. The van der Waals surface area contributed by atoms with Crippen LogP contribution in [0.5, 0.6) is 23.0 Å². The third kappa shape index (κ3) is 4.43. The topological polar surface area (TPSA) is 74.3 Å². The van der Waals surface area contributed by atoms with Crippen LogP contribution in [-0.2, 0) is 29.8 Å². The zero-order valence-electron chi connectivity index (χ0n) is 19.4. The van der Waals surface area contributed by atoms with Crippen molar-refractivity contribution in [1.29, 1.82) is 0 Å². The van der Waals surface area contributed by atoms with Gasteiger partial charge in [-0.05, 0) is 78.4 Å². The third-order valence-corrected chi connectivity index (χ3v) is 7.28. The minimum Gasteiger partial charge on any atom is -0.497 e. The highest BCUT2D eigenvalue weighted by atomic mass is 32.3. The molecule has 1 unspecified atom stereocenters. The van der Waals surface area contributed by atoms with Gasteiger partial charge in [-0.3, -0.25) is 4.90 Å². The molecule has 7 nitrogen and oxygen atoms in total. The van der Waals surface area contributed by atoms with Crippen LogP contribution >= 0.6 is 0 Å². The SMILES string of the molecule is COc1ccc2c(c1)CCN1Cc3cc(OC)c(OS(=O)(=O)Oc4ccc(C)cc4)cc3CC21. The Labute approximate surface area is 200 Å². The van der Waals surface area contributed by atoms with Crippen molar-refractivity contribution in [3.63, 3.8) is 0 Å². The summed E-state index contributed by atoms with van der Waals surface area (Å²) < 4.78 is 46.6. The van der Waals surface area contributed by atoms with Crippen LogP contribution in [0.3, 0.4) is 0 Å². The summed E-state index contributed by atoms with van der Waals surface area (Å²) in [5.41, 5.74) is 5.72. The number of benzene rings is 3. The average molecular weight is 482 g/mol. The molecular weight excluding hydrogens is 454 g/mol. The van der Waals surface area contributed by atoms with Crippen LogP contribution < -0.4 is 17.8 Å². The predicted molar refractivity (Wildman–Crippen MR) is 128 cm³/mol. The Bertz CT molecular complexity index is 1320. The Kier molecular flexibility index (Phi) is 5.87. The van der Waals surface area contributed by atoms with E-state index in [-0.39, 0.29) is 17.5 Å². The fourth-order valence-electron chi connectivity index (χ4n) is 4.77. The molecule has 178 valence electrons. The van der Waals surface area contributed by atoms with Crippen molar-refractivity contribution in [3.8, 4) is 23.0 Å². The lowest BCUT2D eigenvalue weighted by Crippen LogP contribution is -2.39. The van der Waals surface area contributed by atoms with Crippen LogP contribution in [0.2, 0.25) is 0 Å². The van der Waals surface area contributed by atoms with Gasteiger partial charge in [0.25, 0.3) is 0 Å². The second-order valence-electron chi connectivity index (χ2n) is 8.66. The van der Waals surface area contributed by atoms with E-state index in [1.807, 2.05) is 19.1 Å². The number of methoxy groups -OCH3 is 2. The molecule has 3 aromatic carbocycles. The quantitative estimate of drug-likeness (QED) is 0.518. The Morgan fingerprint density at radius 1 is 0.824 bits per heavy atom. The molecule has 0 radical (unpaired) electrons.